The van der Waals surface area contributed by atoms with E-state index < -0.39 is 0 Å². The quantitative estimate of drug-likeness (QED) is 0.712. The van der Waals surface area contributed by atoms with E-state index >= 15 is 0 Å². The maximum atomic E-state index is 12.6. The molecule has 0 bridgehead atoms. The van der Waals surface area contributed by atoms with Crippen LogP contribution >= 0.6 is 11.6 Å². The molecular formula is C20H17ClN2O2. The number of nitrogens with zero attached hydrogens (tertiary/aromatic N) is 1. The Morgan fingerprint density at radius 1 is 1.04 bits per heavy atom. The third-order valence-electron chi connectivity index (χ3n) is 3.57. The summed E-state index contributed by atoms with van der Waals surface area (Å²) < 4.78 is 5.82. The van der Waals surface area contributed by atoms with Crippen molar-refractivity contribution in [3.8, 4) is 5.75 Å². The number of benzene rings is 2. The highest BCUT2D eigenvalue weighted by Crippen LogP contribution is 2.21. The molecule has 0 aliphatic carbocycles. The van der Waals surface area contributed by atoms with Crippen molar-refractivity contribution < 1.29 is 9.53 Å². The number of carbonyl (C=O) groups is 1. The molecule has 0 saturated carbocycles. The van der Waals surface area contributed by atoms with Gasteiger partial charge in [-0.2, -0.15) is 0 Å². The van der Waals surface area contributed by atoms with E-state index in [2.05, 4.69) is 10.3 Å². The van der Waals surface area contributed by atoms with Crippen LogP contribution in [-0.2, 0) is 6.61 Å². The molecule has 0 atom stereocenters. The summed E-state index contributed by atoms with van der Waals surface area (Å²) in [5, 5.41) is 3.47. The molecule has 0 fully saturated rings. The Balaban J connectivity index is 1.73. The van der Waals surface area contributed by atoms with Crippen LogP contribution < -0.4 is 10.1 Å². The molecule has 25 heavy (non-hydrogen) atoms. The number of nitrogens with one attached hydrogen (secondary N) is 1. The van der Waals surface area contributed by atoms with E-state index in [-0.39, 0.29) is 5.91 Å². The first-order valence-corrected chi connectivity index (χ1v) is 8.21. The van der Waals surface area contributed by atoms with Crippen molar-refractivity contribution >= 4 is 23.3 Å². The fourth-order valence-electron chi connectivity index (χ4n) is 2.32. The van der Waals surface area contributed by atoms with Gasteiger partial charge in [0.2, 0.25) is 0 Å². The van der Waals surface area contributed by atoms with Gasteiger partial charge < -0.3 is 10.1 Å². The molecule has 3 rings (SSSR count). The molecule has 0 radical (unpaired) electrons. The van der Waals surface area contributed by atoms with Crippen molar-refractivity contribution in [2.45, 2.75) is 13.5 Å². The van der Waals surface area contributed by atoms with Crippen LogP contribution in [0.15, 0.2) is 66.7 Å². The molecule has 5 heteroatoms. The summed E-state index contributed by atoms with van der Waals surface area (Å²) in [6, 6.07) is 20.0. The fourth-order valence-corrected chi connectivity index (χ4v) is 2.44. The lowest BCUT2D eigenvalue weighted by atomic mass is 10.2. The number of anilines is 1. The van der Waals surface area contributed by atoms with Crippen LogP contribution in [0.2, 0.25) is 5.02 Å². The summed E-state index contributed by atoms with van der Waals surface area (Å²) in [6.07, 6.45) is 0. The van der Waals surface area contributed by atoms with E-state index in [0.717, 1.165) is 11.3 Å². The van der Waals surface area contributed by atoms with Gasteiger partial charge in [-0.25, -0.2) is 4.98 Å². The predicted octanol–water partition coefficient (Wildman–Crippen LogP) is 4.87. The van der Waals surface area contributed by atoms with Crippen molar-refractivity contribution in [3.63, 3.8) is 0 Å². The van der Waals surface area contributed by atoms with Gasteiger partial charge in [-0.1, -0.05) is 41.9 Å². The number of carbonyl (C=O) groups excluding carboxylic acids is 1. The van der Waals surface area contributed by atoms with Crippen LogP contribution in [0.1, 0.15) is 21.6 Å². The molecule has 0 spiro atoms. The fraction of sp³-hybridized carbons (Fsp3) is 0.100. The Kier molecular flexibility index (Phi) is 5.31. The van der Waals surface area contributed by atoms with Gasteiger partial charge in [-0.15, -0.1) is 0 Å². The van der Waals surface area contributed by atoms with Gasteiger partial charge >= 0.3 is 0 Å². The number of hydrogen-bond donors (Lipinski definition) is 1. The van der Waals surface area contributed by atoms with Crippen LogP contribution in [0.3, 0.4) is 0 Å². The van der Waals surface area contributed by atoms with E-state index in [0.29, 0.717) is 28.8 Å². The standard InChI is InChI=1S/C20H17ClN2O2/c1-14-5-4-8-19(22-14)23-20(24)17-6-2-3-7-18(17)25-13-15-9-11-16(21)12-10-15/h2-12H,13H2,1H3,(H,22,23,24). The van der Waals surface area contributed by atoms with Crippen LogP contribution in [0, 0.1) is 6.92 Å². The molecule has 0 unspecified atom stereocenters. The summed E-state index contributed by atoms with van der Waals surface area (Å²) in [5.74, 6) is 0.768. The first kappa shape index (κ1) is 17.0. The van der Waals surface area contributed by atoms with E-state index in [4.69, 9.17) is 16.3 Å². The Morgan fingerprint density at radius 2 is 1.80 bits per heavy atom. The molecule has 3 aromatic rings. The Labute approximate surface area is 151 Å². The van der Waals surface area contributed by atoms with E-state index in [1.807, 2.05) is 49.4 Å². The number of rotatable bonds is 5. The van der Waals surface area contributed by atoms with Crippen LogP contribution in [0.25, 0.3) is 0 Å². The monoisotopic (exact) mass is 352 g/mol. The molecule has 4 nitrogen and oxygen atoms in total. The highest BCUT2D eigenvalue weighted by atomic mass is 35.5. The zero-order valence-electron chi connectivity index (χ0n) is 13.7. The number of para-hydroxylation sites is 1. The second kappa shape index (κ2) is 7.81. The third-order valence-corrected chi connectivity index (χ3v) is 3.82. The number of pyridine rings is 1. The van der Waals surface area contributed by atoms with Gasteiger partial charge in [-0.05, 0) is 48.9 Å². The molecule has 1 N–H and O–H groups in total. The highest BCUT2D eigenvalue weighted by molar-refractivity contribution is 6.30. The van der Waals surface area contributed by atoms with Crippen molar-refractivity contribution in [2.75, 3.05) is 5.32 Å². The SMILES string of the molecule is Cc1cccc(NC(=O)c2ccccc2OCc2ccc(Cl)cc2)n1. The normalized spacial score (nSPS) is 10.3. The minimum atomic E-state index is -0.259. The lowest BCUT2D eigenvalue weighted by Crippen LogP contribution is -2.14. The van der Waals surface area contributed by atoms with Crippen LogP contribution in [0.5, 0.6) is 5.75 Å². The molecule has 0 aliphatic rings. The average Bonchev–Trinajstić information content (AvgIpc) is 2.61. The molecule has 1 aromatic heterocycles. The van der Waals surface area contributed by atoms with Crippen molar-refractivity contribution in [1.82, 2.24) is 4.98 Å². The Bertz CT molecular complexity index is 879. The largest absolute Gasteiger partial charge is 0.488 e. The van der Waals surface area contributed by atoms with Crippen LogP contribution in [0.4, 0.5) is 5.82 Å². The maximum Gasteiger partial charge on any atom is 0.260 e. The molecule has 1 heterocycles. The number of ether oxygens (including phenoxy) is 1. The van der Waals surface area contributed by atoms with Gasteiger partial charge in [0.05, 0.1) is 5.56 Å². The third kappa shape index (κ3) is 4.58. The Morgan fingerprint density at radius 3 is 2.56 bits per heavy atom. The molecular weight excluding hydrogens is 336 g/mol. The molecule has 2 aromatic carbocycles. The smallest absolute Gasteiger partial charge is 0.260 e. The van der Waals surface area contributed by atoms with Crippen LogP contribution in [-0.4, -0.2) is 10.9 Å². The van der Waals surface area contributed by atoms with Gasteiger partial charge in [-0.3, -0.25) is 4.79 Å². The number of aromatic nitrogens is 1. The molecule has 1 amide bonds. The number of halogens is 1. The number of aryl methyl sites for hydroxylation is 1. The van der Waals surface area contributed by atoms with Gasteiger partial charge in [0.15, 0.2) is 0 Å². The summed E-state index contributed by atoms with van der Waals surface area (Å²) >= 11 is 5.88. The summed E-state index contributed by atoms with van der Waals surface area (Å²) in [4.78, 5) is 16.8. The van der Waals surface area contributed by atoms with E-state index in [1.54, 1.807) is 24.3 Å². The summed E-state index contributed by atoms with van der Waals surface area (Å²) in [5.41, 5.74) is 2.27. The average molecular weight is 353 g/mol. The summed E-state index contributed by atoms with van der Waals surface area (Å²) in [7, 11) is 0. The van der Waals surface area contributed by atoms with E-state index in [9.17, 15) is 4.79 Å². The lowest BCUT2D eigenvalue weighted by Gasteiger charge is -2.12. The topological polar surface area (TPSA) is 51.2 Å². The van der Waals surface area contributed by atoms with Gasteiger partial charge in [0, 0.05) is 10.7 Å². The summed E-state index contributed by atoms with van der Waals surface area (Å²) in [6.45, 7) is 2.23. The molecule has 126 valence electrons. The second-order valence-electron chi connectivity index (χ2n) is 5.53. The first-order chi connectivity index (χ1) is 12.1. The lowest BCUT2D eigenvalue weighted by molar-refractivity contribution is 0.102. The zero-order chi connectivity index (χ0) is 17.6. The number of amides is 1. The molecule has 0 aliphatic heterocycles. The predicted molar refractivity (Wildman–Crippen MR) is 99.2 cm³/mol. The van der Waals surface area contributed by atoms with Gasteiger partial charge in [0.1, 0.15) is 18.2 Å². The van der Waals surface area contributed by atoms with Crippen molar-refractivity contribution in [1.29, 1.82) is 0 Å². The van der Waals surface area contributed by atoms with Crippen molar-refractivity contribution in [3.05, 3.63) is 88.6 Å². The first-order valence-electron chi connectivity index (χ1n) is 7.83. The second-order valence-corrected chi connectivity index (χ2v) is 5.97. The Hall–Kier alpha value is -2.85. The van der Waals surface area contributed by atoms with Crippen molar-refractivity contribution in [2.24, 2.45) is 0 Å². The number of hydrogen-bond acceptors (Lipinski definition) is 3. The molecule has 0 saturated heterocycles. The van der Waals surface area contributed by atoms with Gasteiger partial charge in [0.25, 0.3) is 5.91 Å². The highest BCUT2D eigenvalue weighted by Gasteiger charge is 2.13. The minimum Gasteiger partial charge on any atom is -0.488 e. The zero-order valence-corrected chi connectivity index (χ0v) is 14.5. The maximum absolute atomic E-state index is 12.6. The minimum absolute atomic E-state index is 0.259. The van der Waals surface area contributed by atoms with E-state index in [1.165, 1.54) is 0 Å².